The molecular weight excluding hydrogens is 481 g/mol. The molecule has 10 nitrogen and oxygen atoms in total. The summed E-state index contributed by atoms with van der Waals surface area (Å²) in [7, 11) is -3.56. The van der Waals surface area contributed by atoms with E-state index in [1.807, 2.05) is 0 Å². The highest BCUT2D eigenvalue weighted by Crippen LogP contribution is 2.24. The van der Waals surface area contributed by atoms with E-state index < -0.39 is 34.3 Å². The minimum Gasteiger partial charge on any atom is -0.466 e. The van der Waals surface area contributed by atoms with E-state index >= 15 is 0 Å². The van der Waals surface area contributed by atoms with E-state index in [1.165, 1.54) is 24.4 Å². The van der Waals surface area contributed by atoms with Gasteiger partial charge in [0.2, 0.25) is 15.9 Å². The molecule has 0 radical (unpaired) electrons. The highest BCUT2D eigenvalue weighted by atomic mass is 32.2. The van der Waals surface area contributed by atoms with Crippen molar-refractivity contribution in [1.29, 1.82) is 0 Å². The van der Waals surface area contributed by atoms with Gasteiger partial charge in [-0.3, -0.25) is 9.59 Å². The van der Waals surface area contributed by atoms with Crippen LogP contribution in [0.3, 0.4) is 0 Å². The Balaban J connectivity index is 2.49. The lowest BCUT2D eigenvalue weighted by atomic mass is 10.0. The fraction of sp³-hybridized carbons (Fsp3) is 0.391. The van der Waals surface area contributed by atoms with Crippen molar-refractivity contribution < 1.29 is 36.7 Å². The fourth-order valence-corrected chi connectivity index (χ4v) is 3.61. The summed E-state index contributed by atoms with van der Waals surface area (Å²) in [4.78, 5) is 42.9. The summed E-state index contributed by atoms with van der Waals surface area (Å²) in [6.07, 6.45) is 2.08. The number of hydrogen-bond acceptors (Lipinski definition) is 8. The molecule has 1 heterocycles. The van der Waals surface area contributed by atoms with Crippen LogP contribution in [0, 0.1) is 5.82 Å². The Morgan fingerprint density at radius 1 is 1.06 bits per heavy atom. The van der Waals surface area contributed by atoms with Crippen LogP contribution in [-0.4, -0.2) is 63.8 Å². The minimum atomic E-state index is -3.56. The molecule has 0 aliphatic rings. The summed E-state index contributed by atoms with van der Waals surface area (Å²) in [5.41, 5.74) is 1.22. The zero-order chi connectivity index (χ0) is 26.0. The van der Waals surface area contributed by atoms with E-state index in [1.54, 1.807) is 26.0 Å². The molecule has 0 aliphatic carbocycles. The molecule has 2 aromatic rings. The summed E-state index contributed by atoms with van der Waals surface area (Å²) >= 11 is 0. The molecule has 2 rings (SSSR count). The van der Waals surface area contributed by atoms with Crippen LogP contribution >= 0.6 is 0 Å². The van der Waals surface area contributed by atoms with E-state index in [4.69, 9.17) is 9.47 Å². The SMILES string of the molecule is CCOC(=O)CC(=O)N(CCNS(C)(=O)=O)c1cc(Cc2ccc(F)cc2)cnc1C(=O)OCC. The number of amides is 1. The van der Waals surface area contributed by atoms with Gasteiger partial charge in [0.25, 0.3) is 0 Å². The van der Waals surface area contributed by atoms with Crippen molar-refractivity contribution in [1.82, 2.24) is 9.71 Å². The minimum absolute atomic E-state index is 0.0488. The fourth-order valence-electron chi connectivity index (χ4n) is 3.15. The number of carbonyl (C=O) groups excluding carboxylic acids is 3. The van der Waals surface area contributed by atoms with Gasteiger partial charge in [-0.1, -0.05) is 12.1 Å². The molecule has 1 amide bonds. The second-order valence-corrected chi connectivity index (χ2v) is 9.26. The van der Waals surface area contributed by atoms with Gasteiger partial charge in [0.05, 0.1) is 25.2 Å². The van der Waals surface area contributed by atoms with Gasteiger partial charge in [0.1, 0.15) is 12.2 Å². The van der Waals surface area contributed by atoms with E-state index in [0.29, 0.717) is 12.0 Å². The standard InChI is InChI=1S/C23H28FN3O7S/c1-4-33-21(29)14-20(28)27(11-10-26-35(3,31)32)19-13-17(12-16-6-8-18(24)9-7-16)15-25-22(19)23(30)34-5-2/h6-9,13,15,26H,4-5,10-12,14H2,1-3H3. The van der Waals surface area contributed by atoms with Crippen molar-refractivity contribution in [3.63, 3.8) is 0 Å². The van der Waals surface area contributed by atoms with Crippen LogP contribution in [-0.2, 0) is 35.5 Å². The number of nitrogens with one attached hydrogen (secondary N) is 1. The third-order valence-electron chi connectivity index (χ3n) is 4.61. The molecule has 35 heavy (non-hydrogen) atoms. The Kier molecular flexibility index (Phi) is 10.3. The maximum Gasteiger partial charge on any atom is 0.359 e. The average molecular weight is 510 g/mol. The number of esters is 2. The number of sulfonamides is 1. The topological polar surface area (TPSA) is 132 Å². The first-order chi connectivity index (χ1) is 16.5. The molecule has 0 unspecified atom stereocenters. The highest BCUT2D eigenvalue weighted by Gasteiger charge is 2.26. The smallest absolute Gasteiger partial charge is 0.359 e. The van der Waals surface area contributed by atoms with E-state index in [9.17, 15) is 27.2 Å². The molecule has 0 aliphatic heterocycles. The lowest BCUT2D eigenvalue weighted by molar-refractivity contribution is -0.145. The van der Waals surface area contributed by atoms with Crippen LogP contribution in [0.15, 0.2) is 36.5 Å². The second-order valence-electron chi connectivity index (χ2n) is 7.43. The van der Waals surface area contributed by atoms with Gasteiger partial charge in [-0.05, 0) is 49.6 Å². The lowest BCUT2D eigenvalue weighted by Gasteiger charge is -2.25. The number of pyridine rings is 1. The first-order valence-corrected chi connectivity index (χ1v) is 12.7. The van der Waals surface area contributed by atoms with Crippen molar-refractivity contribution in [3.05, 3.63) is 59.2 Å². The zero-order valence-electron chi connectivity index (χ0n) is 19.7. The van der Waals surface area contributed by atoms with Gasteiger partial charge in [-0.15, -0.1) is 0 Å². The molecular formula is C23H28FN3O7S. The van der Waals surface area contributed by atoms with Gasteiger partial charge >= 0.3 is 11.9 Å². The summed E-state index contributed by atoms with van der Waals surface area (Å²) < 4.78 is 48.5. The zero-order valence-corrected chi connectivity index (χ0v) is 20.6. The number of ether oxygens (including phenoxy) is 2. The summed E-state index contributed by atoms with van der Waals surface area (Å²) in [6, 6.07) is 7.33. The lowest BCUT2D eigenvalue weighted by Crippen LogP contribution is -2.40. The summed E-state index contributed by atoms with van der Waals surface area (Å²) in [5, 5.41) is 0. The number of nitrogens with zero attached hydrogens (tertiary/aromatic N) is 2. The molecule has 0 saturated carbocycles. The number of aromatic nitrogens is 1. The van der Waals surface area contributed by atoms with Gasteiger partial charge in [-0.25, -0.2) is 27.3 Å². The van der Waals surface area contributed by atoms with Gasteiger partial charge < -0.3 is 14.4 Å². The molecule has 1 aromatic carbocycles. The van der Waals surface area contributed by atoms with Crippen molar-refractivity contribution >= 4 is 33.6 Å². The molecule has 0 atom stereocenters. The van der Waals surface area contributed by atoms with Crippen molar-refractivity contribution in [2.75, 3.05) is 37.5 Å². The Labute approximate surface area is 203 Å². The molecule has 0 fully saturated rings. The molecule has 190 valence electrons. The van der Waals surface area contributed by atoms with Crippen LogP contribution in [0.2, 0.25) is 0 Å². The van der Waals surface area contributed by atoms with Crippen LogP contribution in [0.5, 0.6) is 0 Å². The number of carbonyl (C=O) groups is 3. The molecule has 1 aromatic heterocycles. The van der Waals surface area contributed by atoms with Crippen LogP contribution in [0.1, 0.15) is 41.9 Å². The average Bonchev–Trinajstić information content (AvgIpc) is 2.77. The Bertz CT molecular complexity index is 1150. The monoisotopic (exact) mass is 509 g/mol. The predicted octanol–water partition coefficient (Wildman–Crippen LogP) is 1.82. The maximum absolute atomic E-state index is 13.3. The van der Waals surface area contributed by atoms with E-state index in [0.717, 1.165) is 16.7 Å². The maximum atomic E-state index is 13.3. The number of halogens is 1. The van der Waals surface area contributed by atoms with Crippen molar-refractivity contribution in [2.24, 2.45) is 0 Å². The van der Waals surface area contributed by atoms with Crippen LogP contribution in [0.25, 0.3) is 0 Å². The largest absolute Gasteiger partial charge is 0.466 e. The Morgan fingerprint density at radius 3 is 2.31 bits per heavy atom. The summed E-state index contributed by atoms with van der Waals surface area (Å²) in [6.45, 7) is 2.96. The van der Waals surface area contributed by atoms with E-state index in [2.05, 4.69) is 9.71 Å². The van der Waals surface area contributed by atoms with Crippen molar-refractivity contribution in [3.8, 4) is 0 Å². The number of anilines is 1. The van der Waals surface area contributed by atoms with Gasteiger partial charge in [0, 0.05) is 19.3 Å². The Morgan fingerprint density at radius 2 is 1.71 bits per heavy atom. The van der Waals surface area contributed by atoms with Crippen LogP contribution in [0.4, 0.5) is 10.1 Å². The highest BCUT2D eigenvalue weighted by molar-refractivity contribution is 7.88. The number of rotatable bonds is 12. The predicted molar refractivity (Wildman–Crippen MR) is 126 cm³/mol. The van der Waals surface area contributed by atoms with Gasteiger partial charge in [-0.2, -0.15) is 0 Å². The third kappa shape index (κ3) is 9.06. The molecule has 0 spiro atoms. The first kappa shape index (κ1) is 27.9. The third-order valence-corrected chi connectivity index (χ3v) is 5.34. The first-order valence-electron chi connectivity index (χ1n) is 10.8. The van der Waals surface area contributed by atoms with Gasteiger partial charge in [0.15, 0.2) is 5.69 Å². The van der Waals surface area contributed by atoms with E-state index in [-0.39, 0.29) is 43.5 Å². The molecule has 0 bridgehead atoms. The molecule has 1 N–H and O–H groups in total. The van der Waals surface area contributed by atoms with Crippen LogP contribution < -0.4 is 9.62 Å². The van der Waals surface area contributed by atoms with Crippen molar-refractivity contribution in [2.45, 2.75) is 26.7 Å². The molecule has 0 saturated heterocycles. The Hall–Kier alpha value is -3.38. The number of hydrogen-bond donors (Lipinski definition) is 1. The molecule has 12 heteroatoms. The normalized spacial score (nSPS) is 11.1. The quantitative estimate of drug-likeness (QED) is 0.339. The summed E-state index contributed by atoms with van der Waals surface area (Å²) in [5.74, 6) is -2.67. The second kappa shape index (κ2) is 12.9. The number of benzene rings is 1.